The molecule has 0 amide bonds. The topological polar surface area (TPSA) is 40.5 Å². The Kier molecular flexibility index (Phi) is 3.55. The van der Waals surface area contributed by atoms with E-state index in [9.17, 15) is 9.18 Å². The lowest BCUT2D eigenvalue weighted by atomic mass is 9.98. The lowest BCUT2D eigenvalue weighted by Crippen LogP contribution is -2.34. The second-order valence-electron chi connectivity index (χ2n) is 4.86. The summed E-state index contributed by atoms with van der Waals surface area (Å²) >= 11 is 0. The van der Waals surface area contributed by atoms with Crippen molar-refractivity contribution in [3.05, 3.63) is 29.6 Å². The largest absolute Gasteiger partial charge is 0.481 e. The van der Waals surface area contributed by atoms with Gasteiger partial charge in [-0.25, -0.2) is 4.39 Å². The number of likely N-dealkylation sites (N-methyl/N-ethyl adjacent to an activating group) is 1. The van der Waals surface area contributed by atoms with Crippen LogP contribution in [-0.2, 0) is 11.2 Å². The summed E-state index contributed by atoms with van der Waals surface area (Å²) in [5.41, 5.74) is 1.64. The standard InChI is InChI=1S/C14H18FNO2/c1-3-16-10(7-9(2)14(17)18)8-11-12(15)5-4-6-13(11)16/h4-6,9-10H,3,7-8H2,1-2H3,(H,17,18). The number of halogens is 1. The molecule has 98 valence electrons. The molecule has 0 aromatic heterocycles. The van der Waals surface area contributed by atoms with Crippen molar-refractivity contribution in [2.45, 2.75) is 32.7 Å². The number of rotatable bonds is 4. The van der Waals surface area contributed by atoms with Gasteiger partial charge in [0.25, 0.3) is 0 Å². The Morgan fingerprint density at radius 3 is 2.94 bits per heavy atom. The summed E-state index contributed by atoms with van der Waals surface area (Å²) in [5.74, 6) is -1.37. The van der Waals surface area contributed by atoms with Gasteiger partial charge in [0.1, 0.15) is 5.82 Å². The second kappa shape index (κ2) is 4.96. The zero-order valence-electron chi connectivity index (χ0n) is 10.7. The Labute approximate surface area is 106 Å². The molecule has 4 heteroatoms. The highest BCUT2D eigenvalue weighted by molar-refractivity contribution is 5.70. The van der Waals surface area contributed by atoms with Crippen molar-refractivity contribution in [3.63, 3.8) is 0 Å². The quantitative estimate of drug-likeness (QED) is 0.894. The lowest BCUT2D eigenvalue weighted by molar-refractivity contribution is -0.141. The van der Waals surface area contributed by atoms with Crippen LogP contribution in [-0.4, -0.2) is 23.7 Å². The van der Waals surface area contributed by atoms with Crippen LogP contribution < -0.4 is 4.90 Å². The van der Waals surface area contributed by atoms with E-state index in [4.69, 9.17) is 5.11 Å². The average Bonchev–Trinajstić information content (AvgIpc) is 2.68. The Bertz CT molecular complexity index is 461. The first-order valence-corrected chi connectivity index (χ1v) is 6.31. The van der Waals surface area contributed by atoms with Gasteiger partial charge in [0.05, 0.1) is 5.92 Å². The molecule has 1 heterocycles. The molecule has 2 rings (SSSR count). The van der Waals surface area contributed by atoms with Gasteiger partial charge in [-0.1, -0.05) is 13.0 Å². The van der Waals surface area contributed by atoms with Crippen LogP contribution in [0.5, 0.6) is 0 Å². The molecule has 18 heavy (non-hydrogen) atoms. The van der Waals surface area contributed by atoms with Crippen LogP contribution in [0.2, 0.25) is 0 Å². The first-order valence-electron chi connectivity index (χ1n) is 6.31. The first kappa shape index (κ1) is 12.9. The fraction of sp³-hybridized carbons (Fsp3) is 0.500. The molecular weight excluding hydrogens is 233 g/mol. The number of carbonyl (C=O) groups is 1. The molecule has 0 saturated carbocycles. The molecule has 0 fully saturated rings. The van der Waals surface area contributed by atoms with E-state index in [2.05, 4.69) is 4.90 Å². The molecule has 3 nitrogen and oxygen atoms in total. The summed E-state index contributed by atoms with van der Waals surface area (Å²) in [6.45, 7) is 4.49. The Balaban J connectivity index is 2.22. The third-order valence-corrected chi connectivity index (χ3v) is 3.67. The summed E-state index contributed by atoms with van der Waals surface area (Å²) in [7, 11) is 0. The van der Waals surface area contributed by atoms with E-state index in [1.807, 2.05) is 13.0 Å². The fourth-order valence-corrected chi connectivity index (χ4v) is 2.71. The van der Waals surface area contributed by atoms with Gasteiger partial charge in [0, 0.05) is 23.8 Å². The Morgan fingerprint density at radius 1 is 1.61 bits per heavy atom. The van der Waals surface area contributed by atoms with Crippen molar-refractivity contribution < 1.29 is 14.3 Å². The van der Waals surface area contributed by atoms with Gasteiger partial charge < -0.3 is 10.0 Å². The van der Waals surface area contributed by atoms with E-state index in [-0.39, 0.29) is 11.9 Å². The predicted octanol–water partition coefficient (Wildman–Crippen LogP) is 2.69. The van der Waals surface area contributed by atoms with Crippen molar-refractivity contribution in [1.29, 1.82) is 0 Å². The maximum Gasteiger partial charge on any atom is 0.306 e. The molecule has 1 aliphatic heterocycles. The number of aliphatic carboxylic acids is 1. The van der Waals surface area contributed by atoms with Crippen LogP contribution in [0.25, 0.3) is 0 Å². The maximum absolute atomic E-state index is 13.7. The minimum atomic E-state index is -0.789. The SMILES string of the molecule is CCN1c2cccc(F)c2CC1CC(C)C(=O)O. The normalized spacial score (nSPS) is 19.7. The van der Waals surface area contributed by atoms with E-state index in [0.29, 0.717) is 12.8 Å². The van der Waals surface area contributed by atoms with Gasteiger partial charge in [-0.2, -0.15) is 0 Å². The van der Waals surface area contributed by atoms with Crippen molar-refractivity contribution in [2.24, 2.45) is 5.92 Å². The van der Waals surface area contributed by atoms with Gasteiger partial charge in [0.2, 0.25) is 0 Å². The van der Waals surface area contributed by atoms with Crippen LogP contribution in [0.3, 0.4) is 0 Å². The smallest absolute Gasteiger partial charge is 0.306 e. The highest BCUT2D eigenvalue weighted by atomic mass is 19.1. The van der Waals surface area contributed by atoms with Gasteiger partial charge in [-0.3, -0.25) is 4.79 Å². The number of benzene rings is 1. The monoisotopic (exact) mass is 251 g/mol. The number of carboxylic acid groups (broad SMARTS) is 1. The summed E-state index contributed by atoms with van der Waals surface area (Å²) in [6, 6.07) is 5.18. The molecule has 1 aromatic carbocycles. The molecule has 0 aliphatic carbocycles. The highest BCUT2D eigenvalue weighted by Gasteiger charge is 2.32. The Hall–Kier alpha value is -1.58. The van der Waals surface area contributed by atoms with E-state index >= 15 is 0 Å². The number of carboxylic acids is 1. The third kappa shape index (κ3) is 2.19. The zero-order valence-corrected chi connectivity index (χ0v) is 10.7. The van der Waals surface area contributed by atoms with Gasteiger partial charge >= 0.3 is 5.97 Å². The zero-order chi connectivity index (χ0) is 13.3. The third-order valence-electron chi connectivity index (χ3n) is 3.67. The van der Waals surface area contributed by atoms with Gasteiger partial charge in [-0.05, 0) is 31.9 Å². The summed E-state index contributed by atoms with van der Waals surface area (Å²) in [6.07, 6.45) is 1.16. The van der Waals surface area contributed by atoms with Crippen molar-refractivity contribution in [3.8, 4) is 0 Å². The number of hydrogen-bond acceptors (Lipinski definition) is 2. The highest BCUT2D eigenvalue weighted by Crippen LogP contribution is 2.35. The van der Waals surface area contributed by atoms with Crippen molar-refractivity contribution >= 4 is 11.7 Å². The molecule has 1 aliphatic rings. The van der Waals surface area contributed by atoms with E-state index in [1.165, 1.54) is 6.07 Å². The van der Waals surface area contributed by atoms with Gasteiger partial charge in [-0.15, -0.1) is 0 Å². The number of hydrogen-bond donors (Lipinski definition) is 1. The van der Waals surface area contributed by atoms with Crippen LogP contribution >= 0.6 is 0 Å². The lowest BCUT2D eigenvalue weighted by Gasteiger charge is -2.27. The molecule has 0 bridgehead atoms. The van der Waals surface area contributed by atoms with E-state index < -0.39 is 11.9 Å². The number of fused-ring (bicyclic) bond motifs is 1. The van der Waals surface area contributed by atoms with Crippen LogP contribution in [0.1, 0.15) is 25.8 Å². The molecule has 0 spiro atoms. The molecule has 2 atom stereocenters. The van der Waals surface area contributed by atoms with Crippen LogP contribution in [0.4, 0.5) is 10.1 Å². The van der Waals surface area contributed by atoms with E-state index in [0.717, 1.165) is 17.8 Å². The molecular formula is C14H18FNO2. The molecule has 0 saturated heterocycles. The minimum Gasteiger partial charge on any atom is -0.481 e. The predicted molar refractivity (Wildman–Crippen MR) is 68.3 cm³/mol. The van der Waals surface area contributed by atoms with E-state index in [1.54, 1.807) is 13.0 Å². The minimum absolute atomic E-state index is 0.0907. The summed E-state index contributed by atoms with van der Waals surface area (Å²) in [4.78, 5) is 13.0. The van der Waals surface area contributed by atoms with Crippen LogP contribution in [0, 0.1) is 11.7 Å². The Morgan fingerprint density at radius 2 is 2.33 bits per heavy atom. The molecule has 1 N–H and O–H groups in total. The van der Waals surface area contributed by atoms with Crippen molar-refractivity contribution in [1.82, 2.24) is 0 Å². The molecule has 2 unspecified atom stereocenters. The van der Waals surface area contributed by atoms with Crippen LogP contribution in [0.15, 0.2) is 18.2 Å². The number of nitrogens with zero attached hydrogens (tertiary/aromatic N) is 1. The summed E-state index contributed by atoms with van der Waals surface area (Å²) < 4.78 is 13.7. The maximum atomic E-state index is 13.7. The average molecular weight is 251 g/mol. The fourth-order valence-electron chi connectivity index (χ4n) is 2.71. The molecule has 0 radical (unpaired) electrons. The summed E-state index contributed by atoms with van der Waals surface area (Å²) in [5, 5.41) is 8.98. The molecule has 1 aromatic rings. The van der Waals surface area contributed by atoms with Crippen molar-refractivity contribution in [2.75, 3.05) is 11.4 Å². The number of anilines is 1. The second-order valence-corrected chi connectivity index (χ2v) is 4.86. The van der Waals surface area contributed by atoms with Gasteiger partial charge in [0.15, 0.2) is 0 Å². The first-order chi connectivity index (χ1) is 8.54.